The van der Waals surface area contributed by atoms with Gasteiger partial charge in [0.25, 0.3) is 5.91 Å². The molecule has 0 aromatic carbocycles. The largest absolute Gasteiger partial charge is 0.369 e. The van der Waals surface area contributed by atoms with E-state index in [-0.39, 0.29) is 18.1 Å². The van der Waals surface area contributed by atoms with Crippen LogP contribution in [0.5, 0.6) is 0 Å². The van der Waals surface area contributed by atoms with Crippen LogP contribution >= 0.6 is 0 Å². The first-order chi connectivity index (χ1) is 12.1. The molecular weight excluding hydrogens is 316 g/mol. The number of hydrogen-bond donors (Lipinski definition) is 1. The molecule has 1 aromatic rings. The summed E-state index contributed by atoms with van der Waals surface area (Å²) in [6.07, 6.45) is 6.10. The highest BCUT2D eigenvalue weighted by molar-refractivity contribution is 5.94. The maximum Gasteiger partial charge on any atom is 0.274 e. The summed E-state index contributed by atoms with van der Waals surface area (Å²) in [5, 5.41) is 7.42. The molecule has 1 saturated heterocycles. The maximum atomic E-state index is 13.1. The number of rotatable bonds is 3. The van der Waals surface area contributed by atoms with E-state index in [2.05, 4.69) is 22.0 Å². The van der Waals surface area contributed by atoms with Gasteiger partial charge in [-0.3, -0.25) is 9.89 Å². The van der Waals surface area contributed by atoms with Crippen molar-refractivity contribution in [2.24, 2.45) is 5.92 Å². The standard InChI is InChI=1S/C19H30N4O2/c1-13-11-16-17(14(2)25-13)20-21-18(16)19(24)23-8-4-7-22(9-10-23)12-15-5-3-6-15/h13-15H,3-12H2,1-2H3,(H,20,21)/t13-,14+/m1/s1. The zero-order valence-corrected chi connectivity index (χ0v) is 15.5. The molecule has 1 aromatic heterocycles. The van der Waals surface area contributed by atoms with E-state index >= 15 is 0 Å². The smallest absolute Gasteiger partial charge is 0.274 e. The monoisotopic (exact) mass is 346 g/mol. The molecule has 1 saturated carbocycles. The SMILES string of the molecule is C[C@@H]1Cc2c(C(=O)N3CCCN(CC4CCC4)CC3)n[nH]c2[C@H](C)O1. The zero-order valence-electron chi connectivity index (χ0n) is 15.5. The minimum absolute atomic E-state index is 0.0186. The molecule has 1 amide bonds. The van der Waals surface area contributed by atoms with Crippen molar-refractivity contribution in [2.75, 3.05) is 32.7 Å². The number of amides is 1. The van der Waals surface area contributed by atoms with Crippen LogP contribution in [0.25, 0.3) is 0 Å². The Kier molecular flexibility index (Phi) is 4.82. The van der Waals surface area contributed by atoms with Gasteiger partial charge in [0.05, 0.1) is 17.9 Å². The van der Waals surface area contributed by atoms with Gasteiger partial charge in [0.2, 0.25) is 0 Å². The summed E-state index contributed by atoms with van der Waals surface area (Å²) in [5.41, 5.74) is 2.65. The van der Waals surface area contributed by atoms with Crippen molar-refractivity contribution in [3.63, 3.8) is 0 Å². The number of fused-ring (bicyclic) bond motifs is 1. The molecule has 6 heteroatoms. The predicted octanol–water partition coefficient (Wildman–Crippen LogP) is 2.38. The number of H-pyrrole nitrogens is 1. The lowest BCUT2D eigenvalue weighted by atomic mass is 9.85. The van der Waals surface area contributed by atoms with Crippen molar-refractivity contribution in [1.82, 2.24) is 20.0 Å². The number of aromatic nitrogens is 2. The van der Waals surface area contributed by atoms with Gasteiger partial charge in [-0.25, -0.2) is 0 Å². The third-order valence-electron chi connectivity index (χ3n) is 6.05. The van der Waals surface area contributed by atoms with Gasteiger partial charge in [-0.1, -0.05) is 6.42 Å². The van der Waals surface area contributed by atoms with E-state index in [1.54, 1.807) is 0 Å². The maximum absolute atomic E-state index is 13.1. The number of ether oxygens (including phenoxy) is 1. The first kappa shape index (κ1) is 17.0. The van der Waals surface area contributed by atoms with E-state index in [9.17, 15) is 4.79 Å². The Morgan fingerprint density at radius 1 is 1.20 bits per heavy atom. The molecule has 2 atom stereocenters. The molecule has 0 unspecified atom stereocenters. The van der Waals surface area contributed by atoms with Crippen molar-refractivity contribution in [1.29, 1.82) is 0 Å². The number of hydrogen-bond acceptors (Lipinski definition) is 4. The number of nitrogens with zero attached hydrogens (tertiary/aromatic N) is 3. The van der Waals surface area contributed by atoms with Gasteiger partial charge in [-0.05, 0) is 45.6 Å². The molecule has 6 nitrogen and oxygen atoms in total. The molecule has 0 radical (unpaired) electrons. The van der Waals surface area contributed by atoms with Crippen LogP contribution in [-0.2, 0) is 11.2 Å². The average molecular weight is 346 g/mol. The Balaban J connectivity index is 1.43. The molecule has 138 valence electrons. The van der Waals surface area contributed by atoms with E-state index in [4.69, 9.17) is 4.74 Å². The fraction of sp³-hybridized carbons (Fsp3) is 0.789. The molecule has 3 heterocycles. The van der Waals surface area contributed by atoms with E-state index in [0.717, 1.165) is 56.2 Å². The Morgan fingerprint density at radius 3 is 2.80 bits per heavy atom. The molecule has 0 bridgehead atoms. The Bertz CT molecular complexity index is 625. The first-order valence-corrected chi connectivity index (χ1v) is 9.86. The second-order valence-electron chi connectivity index (χ2n) is 8.00. The van der Waals surface area contributed by atoms with Crippen LogP contribution in [0, 0.1) is 5.92 Å². The summed E-state index contributed by atoms with van der Waals surface area (Å²) in [6.45, 7) is 9.05. The second kappa shape index (κ2) is 7.08. The van der Waals surface area contributed by atoms with Crippen molar-refractivity contribution in [3.8, 4) is 0 Å². The Hall–Kier alpha value is -1.40. The average Bonchev–Trinajstić information content (AvgIpc) is 2.82. The van der Waals surface area contributed by atoms with Crippen LogP contribution < -0.4 is 0 Å². The highest BCUT2D eigenvalue weighted by Gasteiger charge is 2.32. The highest BCUT2D eigenvalue weighted by atomic mass is 16.5. The molecule has 1 N–H and O–H groups in total. The number of carbonyl (C=O) groups is 1. The molecule has 4 rings (SSSR count). The quantitative estimate of drug-likeness (QED) is 0.913. The van der Waals surface area contributed by atoms with Gasteiger partial charge in [0, 0.05) is 38.2 Å². The predicted molar refractivity (Wildman–Crippen MR) is 95.6 cm³/mol. The molecular formula is C19H30N4O2. The van der Waals surface area contributed by atoms with Crippen LogP contribution in [-0.4, -0.2) is 64.7 Å². The number of nitrogens with one attached hydrogen (secondary N) is 1. The number of carbonyl (C=O) groups excluding carboxylic acids is 1. The molecule has 2 fully saturated rings. The highest BCUT2D eigenvalue weighted by Crippen LogP contribution is 2.31. The van der Waals surface area contributed by atoms with Gasteiger partial charge in [0.1, 0.15) is 0 Å². The second-order valence-corrected chi connectivity index (χ2v) is 8.00. The first-order valence-electron chi connectivity index (χ1n) is 9.86. The van der Waals surface area contributed by atoms with Crippen molar-refractivity contribution >= 4 is 5.91 Å². The fourth-order valence-corrected chi connectivity index (χ4v) is 4.40. The van der Waals surface area contributed by atoms with E-state index in [1.165, 1.54) is 25.8 Å². The Morgan fingerprint density at radius 2 is 2.04 bits per heavy atom. The fourth-order valence-electron chi connectivity index (χ4n) is 4.40. The lowest BCUT2D eigenvalue weighted by Crippen LogP contribution is -2.38. The minimum atomic E-state index is -0.0186. The van der Waals surface area contributed by atoms with Crippen LogP contribution in [0.1, 0.15) is 67.4 Å². The lowest BCUT2D eigenvalue weighted by molar-refractivity contribution is -0.00701. The number of aromatic amines is 1. The third kappa shape index (κ3) is 3.47. The molecule has 2 aliphatic heterocycles. The summed E-state index contributed by atoms with van der Waals surface area (Å²) in [4.78, 5) is 17.6. The van der Waals surface area contributed by atoms with Crippen LogP contribution in [0.4, 0.5) is 0 Å². The lowest BCUT2D eigenvalue weighted by Gasteiger charge is -2.31. The van der Waals surface area contributed by atoms with Crippen LogP contribution in [0.2, 0.25) is 0 Å². The van der Waals surface area contributed by atoms with Gasteiger partial charge >= 0.3 is 0 Å². The zero-order chi connectivity index (χ0) is 17.4. The van der Waals surface area contributed by atoms with Crippen molar-refractivity contribution < 1.29 is 9.53 Å². The van der Waals surface area contributed by atoms with E-state index in [0.29, 0.717) is 5.69 Å². The van der Waals surface area contributed by atoms with Crippen LogP contribution in [0.3, 0.4) is 0 Å². The summed E-state index contributed by atoms with van der Waals surface area (Å²) < 4.78 is 5.84. The molecule has 3 aliphatic rings. The van der Waals surface area contributed by atoms with Gasteiger partial charge in [-0.15, -0.1) is 0 Å². The molecule has 0 spiro atoms. The van der Waals surface area contributed by atoms with Gasteiger partial charge in [0.15, 0.2) is 5.69 Å². The molecule has 1 aliphatic carbocycles. The van der Waals surface area contributed by atoms with Crippen LogP contribution in [0.15, 0.2) is 0 Å². The van der Waals surface area contributed by atoms with Gasteiger partial charge in [-0.2, -0.15) is 5.10 Å². The summed E-state index contributed by atoms with van der Waals surface area (Å²) in [7, 11) is 0. The summed E-state index contributed by atoms with van der Waals surface area (Å²) in [5.74, 6) is 0.980. The molecule has 25 heavy (non-hydrogen) atoms. The minimum Gasteiger partial charge on any atom is -0.369 e. The van der Waals surface area contributed by atoms with Gasteiger partial charge < -0.3 is 14.5 Å². The normalized spacial score (nSPS) is 28.3. The van der Waals surface area contributed by atoms with Crippen molar-refractivity contribution in [3.05, 3.63) is 17.0 Å². The van der Waals surface area contributed by atoms with Crippen molar-refractivity contribution in [2.45, 2.75) is 58.2 Å². The summed E-state index contributed by atoms with van der Waals surface area (Å²) >= 11 is 0. The Labute approximate surface area is 149 Å². The summed E-state index contributed by atoms with van der Waals surface area (Å²) in [6, 6.07) is 0. The van der Waals surface area contributed by atoms with E-state index < -0.39 is 0 Å². The van der Waals surface area contributed by atoms with E-state index in [1.807, 2.05) is 11.8 Å². The topological polar surface area (TPSA) is 61.5 Å². The third-order valence-corrected chi connectivity index (χ3v) is 6.05.